The highest BCUT2D eigenvalue weighted by Gasteiger charge is 2.34. The van der Waals surface area contributed by atoms with E-state index in [1.165, 1.54) is 4.90 Å². The number of carbonyl (C=O) groups excluding carboxylic acids is 2. The smallest absolute Gasteiger partial charge is 0.225 e. The Balaban J connectivity index is 1.85. The molecular weight excluding hydrogens is 478 g/mol. The number of carbonyl (C=O) groups is 2. The van der Waals surface area contributed by atoms with Crippen molar-refractivity contribution in [2.24, 2.45) is 13.0 Å². The minimum atomic E-state index is -0.906. The van der Waals surface area contributed by atoms with Gasteiger partial charge in [-0.05, 0) is 56.6 Å². The lowest BCUT2D eigenvalue weighted by atomic mass is 10.1. The summed E-state index contributed by atoms with van der Waals surface area (Å²) >= 11 is 0. The number of aryl methyl sites for hydroxylation is 1. The fraction of sp³-hybridized carbons (Fsp3) is 0.548. The maximum absolute atomic E-state index is 13.2. The summed E-state index contributed by atoms with van der Waals surface area (Å²) in [5.41, 5.74) is 3.38. The molecule has 1 aromatic rings. The van der Waals surface area contributed by atoms with E-state index >= 15 is 0 Å². The Bertz CT molecular complexity index is 974. The van der Waals surface area contributed by atoms with Gasteiger partial charge < -0.3 is 24.2 Å². The molecule has 1 fully saturated rings. The summed E-state index contributed by atoms with van der Waals surface area (Å²) in [5, 5.41) is 10.6. The summed E-state index contributed by atoms with van der Waals surface area (Å²) in [6, 6.07) is 0.217. The van der Waals surface area contributed by atoms with Gasteiger partial charge in [0, 0.05) is 51.2 Å². The molecule has 1 aromatic heterocycles. The number of ether oxygens (including phenoxy) is 1. The molecule has 0 radical (unpaired) electrons. The van der Waals surface area contributed by atoms with Crippen LogP contribution in [0.3, 0.4) is 0 Å². The van der Waals surface area contributed by atoms with E-state index in [0.29, 0.717) is 38.6 Å². The van der Waals surface area contributed by atoms with Gasteiger partial charge in [-0.1, -0.05) is 49.5 Å². The second kappa shape index (κ2) is 16.8. The van der Waals surface area contributed by atoms with Crippen LogP contribution in [-0.2, 0) is 27.9 Å². The highest BCUT2D eigenvalue weighted by Crippen LogP contribution is 2.31. The third kappa shape index (κ3) is 10.8. The summed E-state index contributed by atoms with van der Waals surface area (Å²) in [7, 11) is 2.01. The summed E-state index contributed by atoms with van der Waals surface area (Å²) in [6.07, 6.45) is 19.5. The van der Waals surface area contributed by atoms with Gasteiger partial charge in [0.1, 0.15) is 0 Å². The standard InChI is InChI=1S/C31H47N3O4/c1-6-8-10-13-25(3)23-38-18-12-17-33(24-35)22-29(36)19-31(37)34(28-15-16-28)21-27-20-32(5)26(4)30(27)14-11-9-7-2/h6-8,10-11,13-14,20,24-25,28-29,36H,2,9,12,15-19,21-23H2,1,3-5H3/b8-6-,13-10-,14-11-/t25-,29?/m0/s1. The highest BCUT2D eigenvalue weighted by molar-refractivity contribution is 5.77. The zero-order chi connectivity index (χ0) is 27.9. The molecule has 1 unspecified atom stereocenters. The van der Waals surface area contributed by atoms with Gasteiger partial charge in [-0.3, -0.25) is 9.59 Å². The van der Waals surface area contributed by atoms with Gasteiger partial charge in [-0.2, -0.15) is 0 Å². The van der Waals surface area contributed by atoms with Crippen LogP contribution in [0.5, 0.6) is 0 Å². The van der Waals surface area contributed by atoms with Crippen molar-refractivity contribution in [1.82, 2.24) is 14.4 Å². The Hall–Kier alpha value is -2.90. The van der Waals surface area contributed by atoms with Gasteiger partial charge in [-0.25, -0.2) is 0 Å². The molecule has 0 bridgehead atoms. The second-order valence-electron chi connectivity index (χ2n) is 10.2. The number of hydrogen-bond acceptors (Lipinski definition) is 4. The number of aliphatic hydroxyl groups is 1. The molecular formula is C31H47N3O4. The fourth-order valence-corrected chi connectivity index (χ4v) is 4.35. The summed E-state index contributed by atoms with van der Waals surface area (Å²) in [6.45, 7) is 12.2. The average Bonchev–Trinajstić information content (AvgIpc) is 3.69. The van der Waals surface area contributed by atoms with Crippen LogP contribution in [0.4, 0.5) is 0 Å². The van der Waals surface area contributed by atoms with Gasteiger partial charge in [0.25, 0.3) is 0 Å². The van der Waals surface area contributed by atoms with Crippen molar-refractivity contribution in [3.63, 3.8) is 0 Å². The normalized spacial score (nSPS) is 15.4. The number of aromatic nitrogens is 1. The molecule has 210 valence electrons. The maximum atomic E-state index is 13.2. The monoisotopic (exact) mass is 525 g/mol. The van der Waals surface area contributed by atoms with Gasteiger partial charge in [0.2, 0.25) is 12.3 Å². The molecule has 7 nitrogen and oxygen atoms in total. The summed E-state index contributed by atoms with van der Waals surface area (Å²) < 4.78 is 7.79. The van der Waals surface area contributed by atoms with Gasteiger partial charge in [-0.15, -0.1) is 6.58 Å². The van der Waals surface area contributed by atoms with Crippen molar-refractivity contribution in [2.75, 3.05) is 26.3 Å². The molecule has 0 spiro atoms. The molecule has 2 rings (SSSR count). The Morgan fingerprint density at radius 2 is 2.11 bits per heavy atom. The molecule has 7 heteroatoms. The Morgan fingerprint density at radius 3 is 2.76 bits per heavy atom. The Morgan fingerprint density at radius 1 is 1.34 bits per heavy atom. The summed E-state index contributed by atoms with van der Waals surface area (Å²) in [5.74, 6) is 0.242. The molecule has 1 N–H and O–H groups in total. The molecule has 1 aliphatic rings. The van der Waals surface area contributed by atoms with Crippen LogP contribution >= 0.6 is 0 Å². The van der Waals surface area contributed by atoms with Gasteiger partial charge in [0.15, 0.2) is 0 Å². The highest BCUT2D eigenvalue weighted by atomic mass is 16.5. The van der Waals surface area contributed by atoms with Crippen LogP contribution in [0.2, 0.25) is 0 Å². The summed E-state index contributed by atoms with van der Waals surface area (Å²) in [4.78, 5) is 28.2. The third-order valence-corrected chi connectivity index (χ3v) is 6.71. The lowest BCUT2D eigenvalue weighted by Crippen LogP contribution is -2.39. The first-order valence-electron chi connectivity index (χ1n) is 13.8. The number of rotatable bonds is 19. The minimum absolute atomic E-state index is 0.000841. The van der Waals surface area contributed by atoms with Crippen LogP contribution in [-0.4, -0.2) is 70.2 Å². The first kappa shape index (κ1) is 31.3. The van der Waals surface area contributed by atoms with Crippen molar-refractivity contribution in [2.45, 2.75) is 71.6 Å². The van der Waals surface area contributed by atoms with Gasteiger partial charge >= 0.3 is 0 Å². The van der Waals surface area contributed by atoms with Crippen molar-refractivity contribution >= 4 is 18.4 Å². The maximum Gasteiger partial charge on any atom is 0.225 e. The number of aliphatic hydroxyl groups excluding tert-OH is 1. The molecule has 38 heavy (non-hydrogen) atoms. The predicted molar refractivity (Wildman–Crippen MR) is 154 cm³/mol. The van der Waals surface area contributed by atoms with Crippen molar-refractivity contribution in [3.05, 3.63) is 66.1 Å². The zero-order valence-corrected chi connectivity index (χ0v) is 23.7. The largest absolute Gasteiger partial charge is 0.391 e. The van der Waals surface area contributed by atoms with E-state index in [0.717, 1.165) is 42.5 Å². The van der Waals surface area contributed by atoms with Crippen LogP contribution in [0, 0.1) is 12.8 Å². The zero-order valence-electron chi connectivity index (χ0n) is 23.7. The molecule has 0 aromatic carbocycles. The van der Waals surface area contributed by atoms with E-state index in [9.17, 15) is 14.7 Å². The molecule has 2 atom stereocenters. The van der Waals surface area contributed by atoms with Crippen LogP contribution in [0.1, 0.15) is 62.8 Å². The van der Waals surface area contributed by atoms with E-state index < -0.39 is 6.10 Å². The molecule has 2 amide bonds. The molecule has 0 saturated heterocycles. The first-order chi connectivity index (χ1) is 18.3. The molecule has 1 heterocycles. The quantitative estimate of drug-likeness (QED) is 0.122. The SMILES string of the molecule is C=CC/C=C\c1c(CN(C(=O)CC(O)CN(C=O)CCCOC[C@@H](C)/C=C\C=C/C)C2CC2)cn(C)c1C. The Kier molecular flexibility index (Phi) is 13.9. The fourth-order valence-electron chi connectivity index (χ4n) is 4.35. The third-order valence-electron chi connectivity index (χ3n) is 6.71. The average molecular weight is 526 g/mol. The van der Waals surface area contributed by atoms with Crippen LogP contribution < -0.4 is 0 Å². The van der Waals surface area contributed by atoms with Crippen LogP contribution in [0.15, 0.2) is 49.2 Å². The van der Waals surface area contributed by atoms with E-state index in [1.807, 2.05) is 43.2 Å². The van der Waals surface area contributed by atoms with Gasteiger partial charge in [0.05, 0.1) is 19.1 Å². The van der Waals surface area contributed by atoms with Crippen LogP contribution in [0.25, 0.3) is 6.08 Å². The first-order valence-corrected chi connectivity index (χ1v) is 13.8. The van der Waals surface area contributed by atoms with Crippen molar-refractivity contribution < 1.29 is 19.4 Å². The lowest BCUT2D eigenvalue weighted by molar-refractivity contribution is -0.135. The predicted octanol–water partition coefficient (Wildman–Crippen LogP) is 4.80. The molecule has 0 aliphatic heterocycles. The molecule has 1 aliphatic carbocycles. The number of hydrogen-bond donors (Lipinski definition) is 1. The number of allylic oxidation sites excluding steroid dienone is 5. The molecule has 1 saturated carbocycles. The van der Waals surface area contributed by atoms with E-state index in [-0.39, 0.29) is 24.9 Å². The van der Waals surface area contributed by atoms with Crippen molar-refractivity contribution in [3.8, 4) is 0 Å². The number of amides is 2. The van der Waals surface area contributed by atoms with E-state index in [1.54, 1.807) is 0 Å². The van der Waals surface area contributed by atoms with E-state index in [4.69, 9.17) is 4.74 Å². The minimum Gasteiger partial charge on any atom is -0.391 e. The second-order valence-corrected chi connectivity index (χ2v) is 10.2. The Labute approximate surface area is 229 Å². The number of nitrogens with zero attached hydrogens (tertiary/aromatic N) is 3. The topological polar surface area (TPSA) is 75.0 Å². The lowest BCUT2D eigenvalue weighted by Gasteiger charge is -2.26. The van der Waals surface area contributed by atoms with E-state index in [2.05, 4.69) is 49.4 Å². The van der Waals surface area contributed by atoms with Crippen molar-refractivity contribution in [1.29, 1.82) is 0 Å².